The van der Waals surface area contributed by atoms with Crippen LogP contribution in [0.3, 0.4) is 0 Å². The number of nitrogens with one attached hydrogen (secondary N) is 1. The summed E-state index contributed by atoms with van der Waals surface area (Å²) in [5.41, 5.74) is 4.29. The van der Waals surface area contributed by atoms with Crippen molar-refractivity contribution in [1.82, 2.24) is 0 Å². The summed E-state index contributed by atoms with van der Waals surface area (Å²) >= 11 is 6.05. The van der Waals surface area contributed by atoms with E-state index in [2.05, 4.69) is 11.4 Å². The molecule has 1 heterocycles. The Morgan fingerprint density at radius 1 is 1.10 bits per heavy atom. The molecule has 5 nitrogen and oxygen atoms in total. The minimum Gasteiger partial charge on any atom is -0.496 e. The third-order valence-electron chi connectivity index (χ3n) is 5.47. The number of fused-ring (bicyclic) bond motifs is 3. The normalized spacial score (nSPS) is 13.8. The Kier molecular flexibility index (Phi) is 5.73. The van der Waals surface area contributed by atoms with E-state index in [1.54, 1.807) is 38.5 Å². The molecule has 0 bridgehead atoms. The van der Waals surface area contributed by atoms with Crippen LogP contribution < -0.4 is 14.8 Å². The first-order valence-corrected chi connectivity index (χ1v) is 10.3. The largest absolute Gasteiger partial charge is 0.496 e. The van der Waals surface area contributed by atoms with Crippen LogP contribution in [0.25, 0.3) is 16.5 Å². The van der Waals surface area contributed by atoms with Gasteiger partial charge in [-0.3, -0.25) is 4.79 Å². The van der Waals surface area contributed by atoms with Gasteiger partial charge in [0, 0.05) is 40.1 Å². The molecule has 0 saturated heterocycles. The summed E-state index contributed by atoms with van der Waals surface area (Å²) in [6.07, 6.45) is 5.87. The molecule has 1 aromatic heterocycles. The van der Waals surface area contributed by atoms with Gasteiger partial charge in [0.25, 0.3) is 0 Å². The maximum Gasteiger partial charge on any atom is 0.248 e. The van der Waals surface area contributed by atoms with Gasteiger partial charge >= 0.3 is 0 Å². The van der Waals surface area contributed by atoms with E-state index in [1.165, 1.54) is 12.0 Å². The first-order valence-electron chi connectivity index (χ1n) is 9.95. The van der Waals surface area contributed by atoms with Crippen molar-refractivity contribution in [3.8, 4) is 11.5 Å². The Hall–Kier alpha value is -2.92. The standard InChI is InChI=1S/C24H24ClNO4/c1-14(10-24(27)26-19-11-15(25)8-9-21(19)28-2)17-12-18-16-6-4-5-7-20(16)30-23(18)13-22(17)29-3/h8-13H,4-7H2,1-3H3,(H,26,27)/b14-10+. The van der Waals surface area contributed by atoms with Crippen LogP contribution in [0.5, 0.6) is 11.5 Å². The van der Waals surface area contributed by atoms with E-state index in [-0.39, 0.29) is 5.91 Å². The number of carbonyl (C=O) groups excluding carboxylic acids is 1. The number of allylic oxidation sites excluding steroid dienone is 1. The number of aryl methyl sites for hydroxylation is 2. The SMILES string of the molecule is COc1ccc(Cl)cc1NC(=O)/C=C(\C)c1cc2c3c(oc2cc1OC)CCCC3. The molecular formula is C24H24ClNO4. The zero-order chi connectivity index (χ0) is 21.3. The number of ether oxygens (including phenoxy) is 2. The first kappa shape index (κ1) is 20.4. The Morgan fingerprint density at radius 2 is 1.87 bits per heavy atom. The lowest BCUT2D eigenvalue weighted by Crippen LogP contribution is -2.09. The minimum absolute atomic E-state index is 0.274. The smallest absolute Gasteiger partial charge is 0.248 e. The van der Waals surface area contributed by atoms with Crippen LogP contribution in [0.4, 0.5) is 5.69 Å². The molecule has 0 saturated carbocycles. The molecular weight excluding hydrogens is 402 g/mol. The fraction of sp³-hybridized carbons (Fsp3) is 0.292. The van der Waals surface area contributed by atoms with Gasteiger partial charge in [-0.05, 0) is 56.0 Å². The van der Waals surface area contributed by atoms with Crippen molar-refractivity contribution >= 4 is 39.7 Å². The van der Waals surface area contributed by atoms with Crippen LogP contribution in [0, 0.1) is 0 Å². The fourth-order valence-corrected chi connectivity index (χ4v) is 4.16. The first-order chi connectivity index (χ1) is 14.5. The number of anilines is 1. The lowest BCUT2D eigenvalue weighted by Gasteiger charge is -2.12. The maximum atomic E-state index is 12.7. The summed E-state index contributed by atoms with van der Waals surface area (Å²) in [5, 5.41) is 4.46. The number of hydrogen-bond donors (Lipinski definition) is 1. The molecule has 4 rings (SSSR count). The van der Waals surface area contributed by atoms with Crippen LogP contribution in [0.15, 0.2) is 40.8 Å². The Morgan fingerprint density at radius 3 is 2.63 bits per heavy atom. The number of rotatable bonds is 5. The van der Waals surface area contributed by atoms with Gasteiger partial charge in [-0.25, -0.2) is 0 Å². The molecule has 2 aromatic carbocycles. The molecule has 0 aliphatic heterocycles. The van der Waals surface area contributed by atoms with Gasteiger partial charge in [-0.1, -0.05) is 11.6 Å². The van der Waals surface area contributed by atoms with Crippen molar-refractivity contribution in [2.45, 2.75) is 32.6 Å². The van der Waals surface area contributed by atoms with Crippen molar-refractivity contribution in [3.63, 3.8) is 0 Å². The highest BCUT2D eigenvalue weighted by Crippen LogP contribution is 2.38. The molecule has 0 fully saturated rings. The van der Waals surface area contributed by atoms with E-state index >= 15 is 0 Å². The van der Waals surface area contributed by atoms with Gasteiger partial charge in [0.15, 0.2) is 0 Å². The topological polar surface area (TPSA) is 60.7 Å². The summed E-state index contributed by atoms with van der Waals surface area (Å²) in [5.74, 6) is 2.02. The Labute approximate surface area is 180 Å². The second kappa shape index (κ2) is 8.44. The van der Waals surface area contributed by atoms with Gasteiger partial charge < -0.3 is 19.2 Å². The zero-order valence-corrected chi connectivity index (χ0v) is 18.1. The van der Waals surface area contributed by atoms with Gasteiger partial charge in [0.2, 0.25) is 5.91 Å². The average molecular weight is 426 g/mol. The highest BCUT2D eigenvalue weighted by Gasteiger charge is 2.20. The van der Waals surface area contributed by atoms with Crippen molar-refractivity contribution in [2.24, 2.45) is 0 Å². The summed E-state index contributed by atoms with van der Waals surface area (Å²) in [6.45, 7) is 1.89. The van der Waals surface area contributed by atoms with Crippen LogP contribution in [0.2, 0.25) is 5.02 Å². The van der Waals surface area contributed by atoms with Gasteiger partial charge in [0.05, 0.1) is 19.9 Å². The second-order valence-corrected chi connectivity index (χ2v) is 7.86. The summed E-state index contributed by atoms with van der Waals surface area (Å²) < 4.78 is 16.9. The maximum absolute atomic E-state index is 12.7. The second-order valence-electron chi connectivity index (χ2n) is 7.42. The van der Waals surface area contributed by atoms with E-state index in [1.807, 2.05) is 13.0 Å². The molecule has 0 spiro atoms. The third kappa shape index (κ3) is 3.90. The van der Waals surface area contributed by atoms with Crippen molar-refractivity contribution < 1.29 is 18.7 Å². The van der Waals surface area contributed by atoms with Crippen molar-refractivity contribution in [3.05, 3.63) is 58.3 Å². The van der Waals surface area contributed by atoms with Crippen LogP contribution in [-0.4, -0.2) is 20.1 Å². The zero-order valence-electron chi connectivity index (χ0n) is 17.3. The molecule has 0 atom stereocenters. The molecule has 1 N–H and O–H groups in total. The summed E-state index contributed by atoms with van der Waals surface area (Å²) in [4.78, 5) is 12.7. The van der Waals surface area contributed by atoms with Crippen molar-refractivity contribution in [2.75, 3.05) is 19.5 Å². The predicted molar refractivity (Wildman–Crippen MR) is 120 cm³/mol. The summed E-state index contributed by atoms with van der Waals surface area (Å²) in [6, 6.07) is 9.07. The summed E-state index contributed by atoms with van der Waals surface area (Å²) in [7, 11) is 3.17. The highest BCUT2D eigenvalue weighted by atomic mass is 35.5. The Balaban J connectivity index is 1.68. The van der Waals surface area contributed by atoms with Gasteiger partial charge in [-0.2, -0.15) is 0 Å². The number of benzene rings is 2. The highest BCUT2D eigenvalue weighted by molar-refractivity contribution is 6.31. The Bertz CT molecular complexity index is 1150. The van der Waals surface area contributed by atoms with Crippen molar-refractivity contribution in [1.29, 1.82) is 0 Å². The van der Waals surface area contributed by atoms with E-state index < -0.39 is 0 Å². The van der Waals surface area contributed by atoms with Crippen LogP contribution >= 0.6 is 11.6 Å². The average Bonchev–Trinajstić information content (AvgIpc) is 3.10. The van der Waals surface area contributed by atoms with Crippen LogP contribution in [0.1, 0.15) is 36.7 Å². The molecule has 0 radical (unpaired) electrons. The molecule has 1 aliphatic carbocycles. The van der Waals surface area contributed by atoms with Crippen LogP contribution in [-0.2, 0) is 17.6 Å². The monoisotopic (exact) mass is 425 g/mol. The third-order valence-corrected chi connectivity index (χ3v) is 5.70. The number of carbonyl (C=O) groups is 1. The van der Waals surface area contributed by atoms with Gasteiger partial charge in [-0.15, -0.1) is 0 Å². The molecule has 3 aromatic rings. The molecule has 0 unspecified atom stereocenters. The van der Waals surface area contributed by atoms with E-state index in [9.17, 15) is 4.79 Å². The van der Waals surface area contributed by atoms with Gasteiger partial charge in [0.1, 0.15) is 22.8 Å². The van der Waals surface area contributed by atoms with E-state index in [0.717, 1.165) is 47.1 Å². The van der Waals surface area contributed by atoms with E-state index in [0.29, 0.717) is 22.2 Å². The predicted octanol–water partition coefficient (Wildman–Crippen LogP) is 6.02. The molecule has 30 heavy (non-hydrogen) atoms. The molecule has 6 heteroatoms. The number of hydrogen-bond acceptors (Lipinski definition) is 4. The number of amides is 1. The number of halogens is 1. The minimum atomic E-state index is -0.274. The lowest BCUT2D eigenvalue weighted by atomic mass is 9.94. The van der Waals surface area contributed by atoms with E-state index in [4.69, 9.17) is 25.5 Å². The fourth-order valence-electron chi connectivity index (χ4n) is 3.99. The molecule has 156 valence electrons. The molecule has 1 amide bonds. The number of furan rings is 1. The quantitative estimate of drug-likeness (QED) is 0.507. The lowest BCUT2D eigenvalue weighted by molar-refractivity contribution is -0.111. The number of methoxy groups -OCH3 is 2. The molecule has 1 aliphatic rings.